The summed E-state index contributed by atoms with van der Waals surface area (Å²) in [6, 6.07) is 23.7. The summed E-state index contributed by atoms with van der Waals surface area (Å²) in [5.41, 5.74) is 2.90. The average molecular weight is 1750 g/mol. The van der Waals surface area contributed by atoms with Crippen LogP contribution in [-0.4, -0.2) is 155 Å². The van der Waals surface area contributed by atoms with Crippen LogP contribution in [0.4, 0.5) is 0 Å². The Labute approximate surface area is 752 Å². The molecule has 2 N–H and O–H groups in total. The van der Waals surface area contributed by atoms with Gasteiger partial charge in [0.2, 0.25) is 0 Å². The van der Waals surface area contributed by atoms with Gasteiger partial charge in [-0.2, -0.15) is 10.0 Å². The van der Waals surface area contributed by atoms with E-state index in [0.717, 1.165) is 77.0 Å². The number of nitrogens with two attached hydrogens (primary N) is 1. The van der Waals surface area contributed by atoms with Crippen LogP contribution in [0.5, 0.6) is 0 Å². The van der Waals surface area contributed by atoms with Gasteiger partial charge in [-0.15, -0.1) is 0 Å². The second-order valence-electron chi connectivity index (χ2n) is 35.6. The molecule has 0 atom stereocenters. The Morgan fingerprint density at radius 3 is 0.481 bits per heavy atom. The van der Waals surface area contributed by atoms with Crippen molar-refractivity contribution in [3.05, 3.63) is 186 Å². The highest BCUT2D eigenvalue weighted by atomic mass is 16.6. The Bertz CT molecular complexity index is 5410. The fraction of sp³-hybridized carbons (Fsp3) is 0.462. The summed E-state index contributed by atoms with van der Waals surface area (Å²) in [5.74, 6) is -4.54. The molecule has 676 valence electrons. The number of unbranched alkanes of at least 4 members (excludes halogenated alkanes) is 36. The van der Waals surface area contributed by atoms with Gasteiger partial charge in [0, 0.05) is 114 Å². The quantitative estimate of drug-likeness (QED) is 0.00925. The first kappa shape index (κ1) is 93.0. The van der Waals surface area contributed by atoms with Crippen molar-refractivity contribution < 1.29 is 81.4 Å². The maximum absolute atomic E-state index is 14.4. The summed E-state index contributed by atoms with van der Waals surface area (Å²) >= 11 is 0. The van der Waals surface area contributed by atoms with Gasteiger partial charge in [0.05, 0.1) is 44.5 Å². The summed E-state index contributed by atoms with van der Waals surface area (Å²) in [5, 5.41) is 3.71. The van der Waals surface area contributed by atoms with Gasteiger partial charge in [-0.1, -0.05) is 259 Å². The molecule has 8 aromatic rings. The standard InChI is InChI=1S/C52H58N4O8.C26H31N3O4.C26H29NO5/c1-3-5-7-9-11-13-15-17-19-21-31-53-45(57)33-23-27-37-43-38(28-24-34(41(33)43)46(53)58)50(62)55(49(37)61)56-51(63)39-29-25-35-42-36(26-30-40(44(39)42)52(56)64)48(60)54(47(35)59)32-22-20-18-16-14-12-10-8-6-4-2;1-2-3-4-5-6-7-8-9-10-11-16-28-23(30)17-12-14-19-22-20(26(33)29(27)25(19)32)15-13-18(21(17)22)24(28)31;1-2-3-4-5-6-7-8-9-10-11-16-27-23(28)17-12-14-19-22-20(26(31)32-25(19)30)15-13-18(21(17)22)24(27)29/h23-30H,3-22,31-32H2,1-2H3;12-15H,2-11,16,27H2,1H3;12-15H,2-11,16H2,1H3. The maximum atomic E-state index is 14.4. The van der Waals surface area contributed by atoms with E-state index >= 15 is 0 Å². The van der Waals surface area contributed by atoms with E-state index in [1.54, 1.807) is 24.3 Å². The van der Waals surface area contributed by atoms with Crippen molar-refractivity contribution in [1.82, 2.24) is 34.6 Å². The van der Waals surface area contributed by atoms with Gasteiger partial charge < -0.3 is 4.74 Å². The highest BCUT2D eigenvalue weighted by Gasteiger charge is 2.50. The molecule has 0 bridgehead atoms. The smallest absolute Gasteiger partial charge is 0.346 e. The molecule has 0 radical (unpaired) electrons. The molecule has 129 heavy (non-hydrogen) atoms. The van der Waals surface area contributed by atoms with Gasteiger partial charge in [0.1, 0.15) is 0 Å². The third-order valence-corrected chi connectivity index (χ3v) is 26.8. The number of cyclic esters (lactones) is 2. The van der Waals surface area contributed by atoms with Gasteiger partial charge >= 0.3 is 11.9 Å². The Balaban J connectivity index is 0.000000173. The first-order valence-corrected chi connectivity index (χ1v) is 47.6. The van der Waals surface area contributed by atoms with Crippen LogP contribution in [-0.2, 0) is 4.74 Å². The lowest BCUT2D eigenvalue weighted by atomic mass is 9.85. The van der Waals surface area contributed by atoms with Crippen LogP contribution in [0.3, 0.4) is 0 Å². The normalized spacial score (nSPS) is 15.3. The number of nitrogens with zero attached hydrogens (tertiary/aromatic N) is 7. The van der Waals surface area contributed by atoms with Crippen molar-refractivity contribution in [2.45, 2.75) is 285 Å². The number of hydrogen-bond acceptors (Lipinski definition) is 18. The molecule has 0 aromatic heterocycles. The fourth-order valence-electron chi connectivity index (χ4n) is 19.7. The molecule has 0 saturated heterocycles. The van der Waals surface area contributed by atoms with Crippen molar-refractivity contribution in [2.24, 2.45) is 5.84 Å². The second-order valence-corrected chi connectivity index (χ2v) is 35.6. The van der Waals surface area contributed by atoms with Crippen LogP contribution in [0.15, 0.2) is 97.1 Å². The first-order valence-electron chi connectivity index (χ1n) is 47.6. The number of imide groups is 7. The van der Waals surface area contributed by atoms with Gasteiger partial charge in [-0.05, 0) is 123 Å². The van der Waals surface area contributed by atoms with E-state index in [0.29, 0.717) is 84.8 Å². The van der Waals surface area contributed by atoms with E-state index in [1.165, 1.54) is 259 Å². The lowest BCUT2D eigenvalue weighted by molar-refractivity contribution is 0.00211. The van der Waals surface area contributed by atoms with E-state index in [-0.39, 0.29) is 125 Å². The Morgan fingerprint density at radius 2 is 0.310 bits per heavy atom. The lowest BCUT2D eigenvalue weighted by Crippen LogP contribution is -2.58. The zero-order valence-electron chi connectivity index (χ0n) is 75.0. The van der Waals surface area contributed by atoms with Gasteiger partial charge in [0.25, 0.3) is 82.7 Å². The van der Waals surface area contributed by atoms with Crippen LogP contribution in [0, 0.1) is 0 Å². The average Bonchev–Trinajstić information content (AvgIpc) is 0.663. The number of rotatable bonds is 45. The monoisotopic (exact) mass is 1750 g/mol. The van der Waals surface area contributed by atoms with Crippen LogP contribution in [0.2, 0.25) is 0 Å². The highest BCUT2D eigenvalue weighted by Crippen LogP contribution is 2.45. The molecule has 8 aromatic carbocycles. The number of ether oxygens (including phenoxy) is 1. The largest absolute Gasteiger partial charge is 0.386 e. The Morgan fingerprint density at radius 1 is 0.178 bits per heavy atom. The van der Waals surface area contributed by atoms with Crippen LogP contribution < -0.4 is 5.84 Å². The summed E-state index contributed by atoms with van der Waals surface area (Å²) in [4.78, 5) is 220. The number of carbonyl (C=O) groups is 16. The Hall–Kier alpha value is -12.1. The molecule has 0 fully saturated rings. The second kappa shape index (κ2) is 42.4. The number of amides is 14. The minimum atomic E-state index is -0.974. The maximum Gasteiger partial charge on any atom is 0.346 e. The van der Waals surface area contributed by atoms with E-state index in [9.17, 15) is 76.7 Å². The first-order chi connectivity index (χ1) is 62.6. The predicted molar refractivity (Wildman–Crippen MR) is 490 cm³/mol. The van der Waals surface area contributed by atoms with E-state index in [1.807, 2.05) is 0 Å². The minimum absolute atomic E-state index is 0.0470. The molecule has 0 spiro atoms. The topological polar surface area (TPSA) is 331 Å². The third kappa shape index (κ3) is 18.6. The summed E-state index contributed by atoms with van der Waals surface area (Å²) < 4.78 is 4.77. The van der Waals surface area contributed by atoms with Crippen LogP contribution in [0.25, 0.3) is 43.1 Å². The number of hydrogen-bond donors (Lipinski definition) is 1. The number of hydrazine groups is 2. The molecule has 25 nitrogen and oxygen atoms in total. The molecule has 8 aliphatic rings. The van der Waals surface area contributed by atoms with Crippen molar-refractivity contribution in [3.63, 3.8) is 0 Å². The molecule has 0 unspecified atom stereocenters. The van der Waals surface area contributed by atoms with Crippen LogP contribution in [0.1, 0.15) is 450 Å². The zero-order valence-corrected chi connectivity index (χ0v) is 75.0. The predicted octanol–water partition coefficient (Wildman–Crippen LogP) is 21.3. The number of carbonyl (C=O) groups excluding carboxylic acids is 16. The number of esters is 2. The summed E-state index contributed by atoms with van der Waals surface area (Å²) in [7, 11) is 0. The van der Waals surface area contributed by atoms with Crippen LogP contribution >= 0.6 is 0 Å². The van der Waals surface area contributed by atoms with Crippen molar-refractivity contribution in [1.29, 1.82) is 0 Å². The SMILES string of the molecule is CCCCCCCCCCCCN1C(=O)c2ccc3c4c(ccc(c24)C1=O)C(=O)N(N)C3=O.CCCCCCCCCCCCN1C(=O)c2ccc3c4c(ccc(c24)C1=O)C(=O)N(N1C(=O)c2ccc4c5c(ccc(c25)C1=O)C(=O)N(CCCCCCCCCCCC)C4=O)C3=O.CCCCCCCCCCCCN1C(=O)c2ccc3c4c(ccc(c24)C1=O)C(=O)OC3=O. The molecule has 16 rings (SSSR count). The fourth-order valence-corrected chi connectivity index (χ4v) is 19.7. The number of benzene rings is 8. The van der Waals surface area contributed by atoms with Crippen molar-refractivity contribution in [3.8, 4) is 0 Å². The zero-order chi connectivity index (χ0) is 91.3. The van der Waals surface area contributed by atoms with E-state index in [4.69, 9.17) is 10.6 Å². The summed E-state index contributed by atoms with van der Waals surface area (Å²) in [6.45, 7) is 10.1. The highest BCUT2D eigenvalue weighted by molar-refractivity contribution is 6.39. The molecule has 0 saturated carbocycles. The minimum Gasteiger partial charge on any atom is -0.386 e. The third-order valence-electron chi connectivity index (χ3n) is 26.8. The molecule has 8 heterocycles. The van der Waals surface area contributed by atoms with E-state index in [2.05, 4.69) is 27.7 Å². The van der Waals surface area contributed by atoms with Crippen molar-refractivity contribution in [2.75, 3.05) is 26.2 Å². The van der Waals surface area contributed by atoms with Gasteiger partial charge in [0.15, 0.2) is 0 Å². The van der Waals surface area contributed by atoms with Gasteiger partial charge in [-0.3, -0.25) is 86.7 Å². The molecule has 25 heteroatoms. The molecule has 8 aliphatic heterocycles. The molecule has 14 amide bonds. The molecular formula is C104H118N8O17. The molecule has 0 aliphatic carbocycles. The Kier molecular flexibility index (Phi) is 30.6. The van der Waals surface area contributed by atoms with E-state index < -0.39 is 71.0 Å². The molecular weight excluding hydrogens is 1630 g/mol. The van der Waals surface area contributed by atoms with Gasteiger partial charge in [-0.25, -0.2) is 20.4 Å². The summed E-state index contributed by atoms with van der Waals surface area (Å²) in [6.07, 6.45) is 45.7. The van der Waals surface area contributed by atoms with Crippen molar-refractivity contribution >= 4 is 138 Å². The lowest BCUT2D eigenvalue weighted by Gasteiger charge is -2.38.